The molecule has 1 aliphatic rings. The number of nitriles is 1. The van der Waals surface area contributed by atoms with Crippen molar-refractivity contribution in [2.24, 2.45) is 0 Å². The van der Waals surface area contributed by atoms with Crippen molar-refractivity contribution in [2.45, 2.75) is 17.9 Å². The number of carbonyl (C=O) groups excluding carboxylic acids is 1. The molecule has 140 valence electrons. The van der Waals surface area contributed by atoms with Gasteiger partial charge in [0.05, 0.1) is 29.4 Å². The van der Waals surface area contributed by atoms with Gasteiger partial charge in [0.2, 0.25) is 10.0 Å². The predicted molar refractivity (Wildman–Crippen MR) is 99.7 cm³/mol. The van der Waals surface area contributed by atoms with E-state index in [9.17, 15) is 13.2 Å². The minimum Gasteiger partial charge on any atom is -0.378 e. The van der Waals surface area contributed by atoms with Gasteiger partial charge in [-0.15, -0.1) is 0 Å². The number of benzene rings is 2. The van der Waals surface area contributed by atoms with Gasteiger partial charge in [-0.2, -0.15) is 9.57 Å². The number of nitrogens with zero attached hydrogens (tertiary/aromatic N) is 2. The summed E-state index contributed by atoms with van der Waals surface area (Å²) >= 11 is 0. The van der Waals surface area contributed by atoms with Gasteiger partial charge in [0.1, 0.15) is 6.07 Å². The molecule has 0 aliphatic carbocycles. The molecule has 1 saturated heterocycles. The number of rotatable bonds is 4. The first kappa shape index (κ1) is 19.0. The van der Waals surface area contributed by atoms with Crippen LogP contribution < -0.4 is 5.32 Å². The topological polar surface area (TPSA) is 99.5 Å². The van der Waals surface area contributed by atoms with Gasteiger partial charge in [0, 0.05) is 18.2 Å². The lowest BCUT2D eigenvalue weighted by molar-refractivity contribution is 0.0393. The van der Waals surface area contributed by atoms with Crippen LogP contribution in [0.2, 0.25) is 0 Å². The molecule has 1 heterocycles. The summed E-state index contributed by atoms with van der Waals surface area (Å²) in [5.74, 6) is -0.415. The molecule has 27 heavy (non-hydrogen) atoms. The van der Waals surface area contributed by atoms with Crippen molar-refractivity contribution in [1.29, 1.82) is 5.26 Å². The zero-order valence-electron chi connectivity index (χ0n) is 14.8. The van der Waals surface area contributed by atoms with Crippen LogP contribution in [0.25, 0.3) is 0 Å². The Morgan fingerprint density at radius 1 is 1.22 bits per heavy atom. The molecule has 0 spiro atoms. The van der Waals surface area contributed by atoms with E-state index in [4.69, 9.17) is 10.00 Å². The van der Waals surface area contributed by atoms with Crippen molar-refractivity contribution >= 4 is 21.6 Å². The Kier molecular flexibility index (Phi) is 5.56. The van der Waals surface area contributed by atoms with E-state index in [0.717, 1.165) is 0 Å². The first-order chi connectivity index (χ1) is 12.9. The fraction of sp³-hybridized carbons (Fsp3) is 0.263. The van der Waals surface area contributed by atoms with Gasteiger partial charge in [0.25, 0.3) is 5.91 Å². The molecule has 1 N–H and O–H groups in total. The zero-order valence-corrected chi connectivity index (χ0v) is 15.6. The highest BCUT2D eigenvalue weighted by atomic mass is 32.2. The highest BCUT2D eigenvalue weighted by Gasteiger charge is 2.31. The number of sulfonamides is 1. The average molecular weight is 385 g/mol. The number of morpholine rings is 1. The Morgan fingerprint density at radius 2 is 1.93 bits per heavy atom. The van der Waals surface area contributed by atoms with Crippen LogP contribution >= 0.6 is 0 Å². The molecule has 1 amide bonds. The van der Waals surface area contributed by atoms with Gasteiger partial charge in [-0.1, -0.05) is 12.1 Å². The normalized spacial score (nSPS) is 17.9. The maximum absolute atomic E-state index is 12.8. The van der Waals surface area contributed by atoms with Crippen LogP contribution in [0.15, 0.2) is 53.4 Å². The minimum absolute atomic E-state index is 0.130. The van der Waals surface area contributed by atoms with Gasteiger partial charge in [-0.25, -0.2) is 8.42 Å². The summed E-state index contributed by atoms with van der Waals surface area (Å²) < 4.78 is 32.3. The molecule has 2 aromatic carbocycles. The van der Waals surface area contributed by atoms with E-state index >= 15 is 0 Å². The molecular weight excluding hydrogens is 366 g/mol. The van der Waals surface area contributed by atoms with Crippen molar-refractivity contribution in [3.05, 3.63) is 59.7 Å². The third kappa shape index (κ3) is 4.01. The van der Waals surface area contributed by atoms with E-state index < -0.39 is 15.9 Å². The van der Waals surface area contributed by atoms with Gasteiger partial charge in [0.15, 0.2) is 0 Å². The van der Waals surface area contributed by atoms with E-state index in [1.807, 2.05) is 6.07 Å². The van der Waals surface area contributed by atoms with Crippen molar-refractivity contribution in [3.63, 3.8) is 0 Å². The smallest absolute Gasteiger partial charge is 0.255 e. The standard InChI is InChI=1S/C19H19N3O4S/c1-14-13-26-11-10-22(14)27(24,25)17-8-6-15(7-9-17)19(23)21-18-5-3-2-4-16(18)12-20/h2-9,14H,10-11,13H2,1H3,(H,21,23). The monoisotopic (exact) mass is 385 g/mol. The van der Waals surface area contributed by atoms with E-state index in [0.29, 0.717) is 36.6 Å². The number of anilines is 1. The summed E-state index contributed by atoms with van der Waals surface area (Å²) in [4.78, 5) is 12.5. The third-order valence-corrected chi connectivity index (χ3v) is 6.35. The molecule has 7 nitrogen and oxygen atoms in total. The minimum atomic E-state index is -3.64. The summed E-state index contributed by atoms with van der Waals surface area (Å²) in [7, 11) is -3.64. The second-order valence-electron chi connectivity index (χ2n) is 6.18. The van der Waals surface area contributed by atoms with Crippen LogP contribution in [-0.2, 0) is 14.8 Å². The summed E-state index contributed by atoms with van der Waals surface area (Å²) in [6.45, 7) is 2.82. The molecule has 1 atom stereocenters. The van der Waals surface area contributed by atoms with Crippen molar-refractivity contribution < 1.29 is 17.9 Å². The second kappa shape index (κ2) is 7.88. The lowest BCUT2D eigenvalue weighted by atomic mass is 10.1. The fourth-order valence-electron chi connectivity index (χ4n) is 2.87. The number of hydrogen-bond acceptors (Lipinski definition) is 5. The Morgan fingerprint density at radius 3 is 2.59 bits per heavy atom. The summed E-state index contributed by atoms with van der Waals surface area (Å²) in [5.41, 5.74) is 1.06. The first-order valence-corrected chi connectivity index (χ1v) is 9.87. The molecule has 0 bridgehead atoms. The molecule has 0 radical (unpaired) electrons. The highest BCUT2D eigenvalue weighted by molar-refractivity contribution is 7.89. The summed E-state index contributed by atoms with van der Waals surface area (Å²) in [6, 6.07) is 14.2. The molecule has 1 aliphatic heterocycles. The van der Waals surface area contributed by atoms with Gasteiger partial charge in [-0.05, 0) is 43.3 Å². The average Bonchev–Trinajstić information content (AvgIpc) is 2.68. The zero-order chi connectivity index (χ0) is 19.4. The maximum Gasteiger partial charge on any atom is 0.255 e. The number of nitrogens with one attached hydrogen (secondary N) is 1. The largest absolute Gasteiger partial charge is 0.378 e. The number of ether oxygens (including phenoxy) is 1. The van der Waals surface area contributed by atoms with E-state index in [1.165, 1.54) is 28.6 Å². The highest BCUT2D eigenvalue weighted by Crippen LogP contribution is 2.21. The van der Waals surface area contributed by atoms with Crippen LogP contribution in [0.3, 0.4) is 0 Å². The fourth-order valence-corrected chi connectivity index (χ4v) is 4.47. The summed E-state index contributed by atoms with van der Waals surface area (Å²) in [5, 5.41) is 11.8. The molecule has 3 rings (SSSR count). The number of amides is 1. The lowest BCUT2D eigenvalue weighted by Crippen LogP contribution is -2.46. The van der Waals surface area contributed by atoms with Crippen molar-refractivity contribution in [1.82, 2.24) is 4.31 Å². The van der Waals surface area contributed by atoms with E-state index in [-0.39, 0.29) is 10.9 Å². The van der Waals surface area contributed by atoms with E-state index in [1.54, 1.807) is 31.2 Å². The van der Waals surface area contributed by atoms with Crippen molar-refractivity contribution in [2.75, 3.05) is 25.1 Å². The third-order valence-electron chi connectivity index (χ3n) is 4.33. The maximum atomic E-state index is 12.8. The number of para-hydroxylation sites is 1. The molecule has 0 saturated carbocycles. The lowest BCUT2D eigenvalue weighted by Gasteiger charge is -2.32. The van der Waals surface area contributed by atoms with Crippen LogP contribution in [-0.4, -0.2) is 44.4 Å². The molecule has 0 aromatic heterocycles. The predicted octanol–water partition coefficient (Wildman–Crippen LogP) is 2.22. The molecule has 1 unspecified atom stereocenters. The Hall–Kier alpha value is -2.73. The number of hydrogen-bond donors (Lipinski definition) is 1. The van der Waals surface area contributed by atoms with Crippen LogP contribution in [0.1, 0.15) is 22.8 Å². The van der Waals surface area contributed by atoms with Crippen LogP contribution in [0.5, 0.6) is 0 Å². The SMILES string of the molecule is CC1COCCN1S(=O)(=O)c1ccc(C(=O)Nc2ccccc2C#N)cc1. The Labute approximate surface area is 158 Å². The summed E-state index contributed by atoms with van der Waals surface area (Å²) in [6.07, 6.45) is 0. The second-order valence-corrected chi connectivity index (χ2v) is 8.07. The molecule has 8 heteroatoms. The molecule has 2 aromatic rings. The molecular formula is C19H19N3O4S. The van der Waals surface area contributed by atoms with Crippen LogP contribution in [0.4, 0.5) is 5.69 Å². The Bertz CT molecular complexity index is 981. The van der Waals surface area contributed by atoms with Crippen LogP contribution in [0, 0.1) is 11.3 Å². The van der Waals surface area contributed by atoms with Gasteiger partial charge >= 0.3 is 0 Å². The van der Waals surface area contributed by atoms with E-state index in [2.05, 4.69) is 5.32 Å². The molecule has 1 fully saturated rings. The number of carbonyl (C=O) groups is 1. The van der Waals surface area contributed by atoms with Gasteiger partial charge in [-0.3, -0.25) is 4.79 Å². The Balaban J connectivity index is 1.79. The quantitative estimate of drug-likeness (QED) is 0.870. The van der Waals surface area contributed by atoms with Gasteiger partial charge < -0.3 is 10.1 Å². The van der Waals surface area contributed by atoms with Crippen molar-refractivity contribution in [3.8, 4) is 6.07 Å². The first-order valence-electron chi connectivity index (χ1n) is 8.43.